The van der Waals surface area contributed by atoms with E-state index in [1.807, 2.05) is 0 Å². The summed E-state index contributed by atoms with van der Waals surface area (Å²) in [6.07, 6.45) is 8.53. The van der Waals surface area contributed by atoms with Gasteiger partial charge in [0.05, 0.1) is 0 Å². The normalized spacial score (nSPS) is 12.1. The topological polar surface area (TPSA) is 0 Å². The van der Waals surface area contributed by atoms with Gasteiger partial charge in [-0.2, -0.15) is 0 Å². The number of hydrogen-bond acceptors (Lipinski definition) is 0. The molecule has 0 aromatic carbocycles. The van der Waals surface area contributed by atoms with Gasteiger partial charge in [0.1, 0.15) is 0 Å². The van der Waals surface area contributed by atoms with Crippen molar-refractivity contribution < 1.29 is 0 Å². The van der Waals surface area contributed by atoms with Gasteiger partial charge in [0, 0.05) is 0 Å². The van der Waals surface area contributed by atoms with E-state index in [9.17, 15) is 0 Å². The van der Waals surface area contributed by atoms with Gasteiger partial charge in [0.25, 0.3) is 0 Å². The quantitative estimate of drug-likeness (QED) is 0.402. The van der Waals surface area contributed by atoms with Crippen LogP contribution in [0.4, 0.5) is 0 Å². The first-order valence-electron chi connectivity index (χ1n) is 4.22. The van der Waals surface area contributed by atoms with Crippen LogP contribution < -0.4 is 0 Å². The predicted molar refractivity (Wildman–Crippen MR) is 47.9 cm³/mol. The molecule has 0 aromatic heterocycles. The molecule has 0 N–H and O–H groups in total. The highest BCUT2D eigenvalue weighted by atomic mass is 13.9. The predicted octanol–water partition coefficient (Wildman–Crippen LogP) is 3.74. The lowest BCUT2D eigenvalue weighted by atomic mass is 10.1. The van der Waals surface area contributed by atoms with Crippen molar-refractivity contribution in [3.63, 3.8) is 0 Å². The Balaban J connectivity index is 3.04. The summed E-state index contributed by atoms with van der Waals surface area (Å²) in [4.78, 5) is 0. The Bertz CT molecular complexity index is 90.2. The van der Waals surface area contributed by atoms with Gasteiger partial charge in [0.2, 0.25) is 0 Å². The summed E-state index contributed by atoms with van der Waals surface area (Å²) in [5.41, 5.74) is 1.52. The third-order valence-electron chi connectivity index (χ3n) is 1.81. The van der Waals surface area contributed by atoms with E-state index in [0.717, 1.165) is 6.42 Å². The van der Waals surface area contributed by atoms with Crippen molar-refractivity contribution >= 4 is 0 Å². The second-order valence-corrected chi connectivity index (χ2v) is 2.80. The molecule has 0 atom stereocenters. The van der Waals surface area contributed by atoms with Gasteiger partial charge in [-0.3, -0.25) is 0 Å². The number of rotatable bonds is 5. The van der Waals surface area contributed by atoms with E-state index in [4.69, 9.17) is 0 Å². The van der Waals surface area contributed by atoms with Gasteiger partial charge >= 0.3 is 0 Å². The van der Waals surface area contributed by atoms with Crippen molar-refractivity contribution in [3.8, 4) is 0 Å². The van der Waals surface area contributed by atoms with Crippen LogP contribution in [0.25, 0.3) is 0 Å². The molecule has 0 fully saturated rings. The molecular weight excluding hydrogens is 120 g/mol. The molecule has 0 aliphatic carbocycles. The van der Waals surface area contributed by atoms with Gasteiger partial charge in [-0.1, -0.05) is 37.8 Å². The molecule has 0 nitrogen and oxygen atoms in total. The minimum absolute atomic E-state index is 1.09. The SMILES string of the molecule is [CH2]CCCCCC(C)=CC. The van der Waals surface area contributed by atoms with Crippen LogP contribution in [0, 0.1) is 6.92 Å². The van der Waals surface area contributed by atoms with Crippen LogP contribution in [-0.2, 0) is 0 Å². The average Bonchev–Trinajstić information content (AvgIpc) is 1.98. The Morgan fingerprint density at radius 1 is 1.30 bits per heavy atom. The first kappa shape index (κ1) is 9.74. The summed E-state index contributed by atoms with van der Waals surface area (Å²) >= 11 is 0. The molecule has 0 rings (SSSR count). The molecular formula is C10H19. The lowest BCUT2D eigenvalue weighted by Crippen LogP contribution is -1.78. The molecule has 0 saturated carbocycles. The maximum absolute atomic E-state index is 3.81. The summed E-state index contributed by atoms with van der Waals surface area (Å²) in [5, 5.41) is 0. The van der Waals surface area contributed by atoms with Crippen molar-refractivity contribution in [3.05, 3.63) is 18.6 Å². The monoisotopic (exact) mass is 139 g/mol. The Hall–Kier alpha value is -0.260. The van der Waals surface area contributed by atoms with Crippen LogP contribution in [0.2, 0.25) is 0 Å². The third kappa shape index (κ3) is 5.87. The molecule has 0 bridgehead atoms. The van der Waals surface area contributed by atoms with Crippen LogP contribution in [0.1, 0.15) is 46.0 Å². The third-order valence-corrected chi connectivity index (χ3v) is 1.81. The molecule has 0 saturated heterocycles. The highest BCUT2D eigenvalue weighted by Gasteiger charge is 1.88. The van der Waals surface area contributed by atoms with Gasteiger partial charge in [0.15, 0.2) is 0 Å². The average molecular weight is 139 g/mol. The first-order chi connectivity index (χ1) is 4.81. The van der Waals surface area contributed by atoms with Gasteiger partial charge < -0.3 is 0 Å². The summed E-state index contributed by atoms with van der Waals surface area (Å²) in [7, 11) is 0. The van der Waals surface area contributed by atoms with E-state index in [1.54, 1.807) is 0 Å². The Morgan fingerprint density at radius 2 is 2.00 bits per heavy atom. The maximum Gasteiger partial charge on any atom is -0.0323 e. The van der Waals surface area contributed by atoms with Crippen molar-refractivity contribution in [1.29, 1.82) is 0 Å². The lowest BCUT2D eigenvalue weighted by molar-refractivity contribution is 0.682. The molecule has 0 heteroatoms. The van der Waals surface area contributed by atoms with E-state index in [2.05, 4.69) is 26.8 Å². The highest BCUT2D eigenvalue weighted by Crippen LogP contribution is 2.08. The Morgan fingerprint density at radius 3 is 2.50 bits per heavy atom. The van der Waals surface area contributed by atoms with E-state index >= 15 is 0 Å². The number of unbranched alkanes of at least 4 members (excludes halogenated alkanes) is 3. The summed E-state index contributed by atoms with van der Waals surface area (Å²) < 4.78 is 0. The number of hydrogen-bond donors (Lipinski definition) is 0. The van der Waals surface area contributed by atoms with Gasteiger partial charge in [-0.05, 0) is 26.7 Å². The van der Waals surface area contributed by atoms with Crippen molar-refractivity contribution in [1.82, 2.24) is 0 Å². The Labute approximate surface area is 65.3 Å². The number of allylic oxidation sites excluding steroid dienone is 2. The second kappa shape index (κ2) is 6.85. The molecule has 59 valence electrons. The van der Waals surface area contributed by atoms with Gasteiger partial charge in [-0.25, -0.2) is 0 Å². The zero-order valence-corrected chi connectivity index (χ0v) is 7.32. The fraction of sp³-hybridized carbons (Fsp3) is 0.700. The van der Waals surface area contributed by atoms with Crippen LogP contribution in [0.15, 0.2) is 11.6 Å². The van der Waals surface area contributed by atoms with E-state index in [-0.39, 0.29) is 0 Å². The minimum atomic E-state index is 1.09. The molecule has 0 aliphatic heterocycles. The molecule has 0 aliphatic rings. The summed E-state index contributed by atoms with van der Waals surface area (Å²) in [6, 6.07) is 0. The van der Waals surface area contributed by atoms with Crippen LogP contribution >= 0.6 is 0 Å². The second-order valence-electron chi connectivity index (χ2n) is 2.80. The van der Waals surface area contributed by atoms with Gasteiger partial charge in [-0.15, -0.1) is 0 Å². The van der Waals surface area contributed by atoms with Crippen molar-refractivity contribution in [2.24, 2.45) is 0 Å². The van der Waals surface area contributed by atoms with Crippen LogP contribution in [0.3, 0.4) is 0 Å². The summed E-state index contributed by atoms with van der Waals surface area (Å²) in [6.45, 7) is 8.11. The van der Waals surface area contributed by atoms with Crippen molar-refractivity contribution in [2.45, 2.75) is 46.0 Å². The molecule has 0 heterocycles. The summed E-state index contributed by atoms with van der Waals surface area (Å²) in [5.74, 6) is 0. The fourth-order valence-electron chi connectivity index (χ4n) is 0.902. The molecule has 10 heavy (non-hydrogen) atoms. The zero-order chi connectivity index (χ0) is 7.82. The maximum atomic E-state index is 3.81. The zero-order valence-electron chi connectivity index (χ0n) is 7.32. The lowest BCUT2D eigenvalue weighted by Gasteiger charge is -1.98. The smallest absolute Gasteiger partial charge is 0.0323 e. The van der Waals surface area contributed by atoms with E-state index < -0.39 is 0 Å². The molecule has 0 amide bonds. The van der Waals surface area contributed by atoms with Crippen molar-refractivity contribution in [2.75, 3.05) is 0 Å². The Kier molecular flexibility index (Phi) is 6.68. The molecule has 0 spiro atoms. The van der Waals surface area contributed by atoms with E-state index in [1.165, 1.54) is 31.3 Å². The van der Waals surface area contributed by atoms with E-state index in [0.29, 0.717) is 0 Å². The standard InChI is InChI=1S/C10H19/c1-4-6-7-8-9-10(3)5-2/h5H,1,4,6-9H2,2-3H3. The fourth-order valence-corrected chi connectivity index (χ4v) is 0.902. The highest BCUT2D eigenvalue weighted by molar-refractivity contribution is 4.94. The molecule has 0 unspecified atom stereocenters. The van der Waals surface area contributed by atoms with Crippen LogP contribution in [0.5, 0.6) is 0 Å². The molecule has 1 radical (unpaired) electrons. The van der Waals surface area contributed by atoms with Crippen LogP contribution in [-0.4, -0.2) is 0 Å². The minimum Gasteiger partial charge on any atom is -0.0887 e. The largest absolute Gasteiger partial charge is 0.0887 e. The molecule has 0 aromatic rings. The first-order valence-corrected chi connectivity index (χ1v) is 4.22.